The molecule has 3 aromatic rings. The van der Waals surface area contributed by atoms with Gasteiger partial charge in [0, 0.05) is 10.6 Å². The van der Waals surface area contributed by atoms with Crippen molar-refractivity contribution < 1.29 is 4.39 Å². The zero-order valence-corrected chi connectivity index (χ0v) is 13.8. The van der Waals surface area contributed by atoms with E-state index in [-0.39, 0.29) is 11.8 Å². The first-order valence-corrected chi connectivity index (χ1v) is 7.81. The number of hydrogen-bond acceptors (Lipinski definition) is 5. The second-order valence-corrected chi connectivity index (χ2v) is 6.80. The molecular formula is C14H12BrFN4S. The normalized spacial score (nSPS) is 11.0. The van der Waals surface area contributed by atoms with E-state index in [0.29, 0.717) is 16.0 Å². The molecule has 2 aromatic heterocycles. The maximum absolute atomic E-state index is 13.7. The molecule has 3 rings (SSSR count). The Morgan fingerprint density at radius 1 is 1.24 bits per heavy atom. The summed E-state index contributed by atoms with van der Waals surface area (Å²) >= 11 is 4.72. The summed E-state index contributed by atoms with van der Waals surface area (Å²) in [4.78, 5) is 10.4. The van der Waals surface area contributed by atoms with Crippen LogP contribution in [0.25, 0.3) is 10.2 Å². The topological polar surface area (TPSA) is 63.8 Å². The van der Waals surface area contributed by atoms with Crippen LogP contribution in [0, 0.1) is 19.7 Å². The Morgan fingerprint density at radius 3 is 2.76 bits per heavy atom. The van der Waals surface area contributed by atoms with E-state index in [0.717, 1.165) is 20.7 Å². The number of anilines is 3. The first-order valence-electron chi connectivity index (χ1n) is 6.20. The number of nitrogen functional groups attached to an aromatic ring is 1. The van der Waals surface area contributed by atoms with Crippen molar-refractivity contribution in [2.75, 3.05) is 11.1 Å². The van der Waals surface area contributed by atoms with Gasteiger partial charge < -0.3 is 11.1 Å². The lowest BCUT2D eigenvalue weighted by Gasteiger charge is -2.11. The number of aromatic nitrogens is 2. The van der Waals surface area contributed by atoms with Gasteiger partial charge in [0.25, 0.3) is 0 Å². The van der Waals surface area contributed by atoms with Crippen LogP contribution in [0.2, 0.25) is 0 Å². The molecule has 21 heavy (non-hydrogen) atoms. The van der Waals surface area contributed by atoms with Crippen LogP contribution in [-0.4, -0.2) is 9.97 Å². The summed E-state index contributed by atoms with van der Waals surface area (Å²) in [6.07, 6.45) is 0. The molecule has 4 nitrogen and oxygen atoms in total. The lowest BCUT2D eigenvalue weighted by molar-refractivity contribution is 0.621. The van der Waals surface area contributed by atoms with Crippen LogP contribution in [0.15, 0.2) is 22.7 Å². The first-order chi connectivity index (χ1) is 9.94. The molecule has 7 heteroatoms. The van der Waals surface area contributed by atoms with E-state index in [1.54, 1.807) is 17.4 Å². The van der Waals surface area contributed by atoms with E-state index < -0.39 is 0 Å². The number of thiophene rings is 1. The van der Waals surface area contributed by atoms with E-state index in [2.05, 4.69) is 31.2 Å². The predicted molar refractivity (Wildman–Crippen MR) is 88.7 cm³/mol. The highest BCUT2D eigenvalue weighted by atomic mass is 79.9. The van der Waals surface area contributed by atoms with Gasteiger partial charge >= 0.3 is 0 Å². The Balaban J connectivity index is 2.11. The zero-order chi connectivity index (χ0) is 15.1. The van der Waals surface area contributed by atoms with E-state index in [4.69, 9.17) is 5.73 Å². The third kappa shape index (κ3) is 2.71. The third-order valence-corrected chi connectivity index (χ3v) is 4.61. The number of nitrogens with one attached hydrogen (secondary N) is 1. The largest absolute Gasteiger partial charge is 0.368 e. The van der Waals surface area contributed by atoms with Crippen LogP contribution >= 0.6 is 27.3 Å². The zero-order valence-electron chi connectivity index (χ0n) is 11.4. The fourth-order valence-corrected chi connectivity index (χ4v) is 3.41. The highest BCUT2D eigenvalue weighted by molar-refractivity contribution is 9.10. The predicted octanol–water partition coefficient (Wildman–Crippen LogP) is 4.54. The highest BCUT2D eigenvalue weighted by Crippen LogP contribution is 2.32. The Kier molecular flexibility index (Phi) is 3.54. The smallest absolute Gasteiger partial charge is 0.223 e. The molecule has 0 aliphatic rings. The van der Waals surface area contributed by atoms with E-state index in [1.165, 1.54) is 6.07 Å². The number of aryl methyl sites for hydroxylation is 2. The summed E-state index contributed by atoms with van der Waals surface area (Å²) in [6, 6.07) is 5.15. The van der Waals surface area contributed by atoms with Crippen LogP contribution in [0.4, 0.5) is 21.8 Å². The average molecular weight is 367 g/mol. The highest BCUT2D eigenvalue weighted by Gasteiger charge is 2.12. The summed E-state index contributed by atoms with van der Waals surface area (Å²) < 4.78 is 14.2. The monoisotopic (exact) mass is 366 g/mol. The SMILES string of the molecule is Cc1cc2c(Nc3cc(F)c(Br)cc3C)nc(N)nc2s1. The Bertz CT molecular complexity index is 847. The first kappa shape index (κ1) is 14.2. The van der Waals surface area contributed by atoms with Crippen LogP contribution in [0.5, 0.6) is 0 Å². The van der Waals surface area contributed by atoms with Gasteiger partial charge in [-0.15, -0.1) is 11.3 Å². The number of nitrogens with two attached hydrogens (primary N) is 1. The molecule has 0 aliphatic heterocycles. The third-order valence-electron chi connectivity index (χ3n) is 3.05. The number of nitrogens with zero attached hydrogens (tertiary/aromatic N) is 2. The number of halogens is 2. The van der Waals surface area contributed by atoms with Crippen LogP contribution in [0.1, 0.15) is 10.4 Å². The van der Waals surface area contributed by atoms with Crippen molar-refractivity contribution in [3.8, 4) is 0 Å². The van der Waals surface area contributed by atoms with Gasteiger partial charge in [-0.05, 0) is 53.5 Å². The van der Waals surface area contributed by atoms with Crippen molar-refractivity contribution >= 4 is 54.9 Å². The van der Waals surface area contributed by atoms with Gasteiger partial charge in [0.05, 0.1) is 9.86 Å². The molecule has 0 fully saturated rings. The standard InChI is InChI=1S/C14H12BrFN4S/c1-6-3-9(15)10(16)5-11(6)18-12-8-4-7(2)21-13(8)20-14(17)19-12/h3-5H,1-2H3,(H3,17,18,19,20). The fraction of sp³-hybridized carbons (Fsp3) is 0.143. The van der Waals surface area contributed by atoms with Gasteiger partial charge in [-0.25, -0.2) is 9.37 Å². The summed E-state index contributed by atoms with van der Waals surface area (Å²) in [5.74, 6) is 0.455. The molecule has 108 valence electrons. The quantitative estimate of drug-likeness (QED) is 0.698. The molecule has 0 bridgehead atoms. The van der Waals surface area contributed by atoms with Crippen molar-refractivity contribution in [1.29, 1.82) is 0 Å². The summed E-state index contributed by atoms with van der Waals surface area (Å²) in [6.45, 7) is 3.89. The Hall–Kier alpha value is -1.73. The van der Waals surface area contributed by atoms with Crippen LogP contribution < -0.4 is 11.1 Å². The molecule has 0 aliphatic carbocycles. The molecule has 0 amide bonds. The Morgan fingerprint density at radius 2 is 2.00 bits per heavy atom. The Labute approximate surface area is 133 Å². The molecule has 0 unspecified atom stereocenters. The van der Waals surface area contributed by atoms with Gasteiger partial charge in [-0.1, -0.05) is 0 Å². The van der Waals surface area contributed by atoms with Gasteiger partial charge in [0.1, 0.15) is 16.5 Å². The number of hydrogen-bond donors (Lipinski definition) is 2. The van der Waals surface area contributed by atoms with Crippen molar-refractivity contribution in [2.45, 2.75) is 13.8 Å². The van der Waals surface area contributed by atoms with Crippen molar-refractivity contribution in [1.82, 2.24) is 9.97 Å². The van der Waals surface area contributed by atoms with Gasteiger partial charge in [-0.3, -0.25) is 0 Å². The minimum Gasteiger partial charge on any atom is -0.368 e. The van der Waals surface area contributed by atoms with Gasteiger partial charge in [0.2, 0.25) is 5.95 Å². The lowest BCUT2D eigenvalue weighted by atomic mass is 10.2. The molecule has 1 aromatic carbocycles. The van der Waals surface area contributed by atoms with Gasteiger partial charge in [0.15, 0.2) is 0 Å². The van der Waals surface area contributed by atoms with Crippen molar-refractivity contribution in [3.63, 3.8) is 0 Å². The van der Waals surface area contributed by atoms with E-state index in [1.807, 2.05) is 19.9 Å². The number of benzene rings is 1. The van der Waals surface area contributed by atoms with E-state index >= 15 is 0 Å². The molecular weight excluding hydrogens is 355 g/mol. The van der Waals surface area contributed by atoms with Crippen molar-refractivity contribution in [2.24, 2.45) is 0 Å². The molecule has 0 saturated heterocycles. The molecule has 2 heterocycles. The van der Waals surface area contributed by atoms with E-state index in [9.17, 15) is 4.39 Å². The summed E-state index contributed by atoms with van der Waals surface area (Å²) in [7, 11) is 0. The van der Waals surface area contributed by atoms with Crippen LogP contribution in [0.3, 0.4) is 0 Å². The molecule has 0 spiro atoms. The second kappa shape index (κ2) is 5.23. The summed E-state index contributed by atoms with van der Waals surface area (Å²) in [5, 5.41) is 4.04. The summed E-state index contributed by atoms with van der Waals surface area (Å²) in [5.41, 5.74) is 7.30. The number of fused-ring (bicyclic) bond motifs is 1. The average Bonchev–Trinajstić information content (AvgIpc) is 2.76. The minimum atomic E-state index is -0.331. The number of rotatable bonds is 2. The molecule has 0 atom stereocenters. The van der Waals surface area contributed by atoms with Gasteiger partial charge in [-0.2, -0.15) is 4.98 Å². The fourth-order valence-electron chi connectivity index (χ4n) is 2.06. The van der Waals surface area contributed by atoms with Crippen LogP contribution in [-0.2, 0) is 0 Å². The lowest BCUT2D eigenvalue weighted by Crippen LogP contribution is -2.01. The van der Waals surface area contributed by atoms with Crippen molar-refractivity contribution in [3.05, 3.63) is 38.9 Å². The minimum absolute atomic E-state index is 0.196. The molecule has 0 saturated carbocycles. The second-order valence-electron chi connectivity index (χ2n) is 4.71. The molecule has 3 N–H and O–H groups in total. The maximum Gasteiger partial charge on any atom is 0.223 e. The molecule has 0 radical (unpaired) electrons. The maximum atomic E-state index is 13.7.